The first-order valence-electron chi connectivity index (χ1n) is 11.0. The normalized spacial score (nSPS) is 13.5. The van der Waals surface area contributed by atoms with Crippen LogP contribution in [0.4, 0.5) is 10.1 Å². The van der Waals surface area contributed by atoms with Crippen LogP contribution in [0.15, 0.2) is 47.5 Å². The molecule has 1 aliphatic heterocycles. The second-order valence-corrected chi connectivity index (χ2v) is 7.24. The summed E-state index contributed by atoms with van der Waals surface area (Å²) >= 11 is 0. The summed E-state index contributed by atoms with van der Waals surface area (Å²) < 4.78 is 30.8. The van der Waals surface area contributed by atoms with Gasteiger partial charge < -0.3 is 24.8 Å². The average Bonchev–Trinajstić information content (AvgIpc) is 3.02. The van der Waals surface area contributed by atoms with Gasteiger partial charge in [0.25, 0.3) is 0 Å². The van der Waals surface area contributed by atoms with E-state index in [9.17, 15) is 4.39 Å². The van der Waals surface area contributed by atoms with Gasteiger partial charge in [-0.25, -0.2) is 4.39 Å². The van der Waals surface area contributed by atoms with E-state index in [4.69, 9.17) is 14.2 Å². The summed E-state index contributed by atoms with van der Waals surface area (Å²) in [6.45, 7) is 6.01. The molecule has 0 spiro atoms. The van der Waals surface area contributed by atoms with Gasteiger partial charge in [0.15, 0.2) is 17.5 Å². The van der Waals surface area contributed by atoms with Crippen LogP contribution in [-0.2, 0) is 11.2 Å². The minimum absolute atomic E-state index is 0.186. The SMILES string of the molecule is CCOCCCCN=C(NCCc1ccccc1F)Nc1ccc2c(c1)OCCCO2. The molecular formula is C24H32FN3O3. The molecule has 1 aliphatic rings. The van der Waals surface area contributed by atoms with Crippen LogP contribution in [0, 0.1) is 5.82 Å². The third kappa shape index (κ3) is 7.75. The quantitative estimate of drug-likeness (QED) is 0.333. The Balaban J connectivity index is 1.60. The van der Waals surface area contributed by atoms with Gasteiger partial charge in [-0.3, -0.25) is 4.99 Å². The molecule has 0 radical (unpaired) electrons. The van der Waals surface area contributed by atoms with Gasteiger partial charge in [-0.15, -0.1) is 0 Å². The molecule has 168 valence electrons. The monoisotopic (exact) mass is 429 g/mol. The van der Waals surface area contributed by atoms with Crippen LogP contribution in [0.1, 0.15) is 31.7 Å². The second kappa shape index (κ2) is 12.8. The molecule has 6 nitrogen and oxygen atoms in total. The standard InChI is InChI=1S/C24H32FN3O3/c1-2-29-15-6-5-13-26-24(27-14-12-19-8-3-4-9-21(19)25)28-20-10-11-22-23(18-20)31-17-7-16-30-22/h3-4,8-11,18H,2,5-7,12-17H2,1H3,(H2,26,27,28). The lowest BCUT2D eigenvalue weighted by Crippen LogP contribution is -2.32. The third-order valence-corrected chi connectivity index (χ3v) is 4.83. The zero-order valence-electron chi connectivity index (χ0n) is 18.2. The van der Waals surface area contributed by atoms with Crippen LogP contribution in [0.2, 0.25) is 0 Å². The van der Waals surface area contributed by atoms with Crippen LogP contribution in [0.5, 0.6) is 11.5 Å². The molecule has 0 amide bonds. The van der Waals surface area contributed by atoms with Gasteiger partial charge in [0.1, 0.15) is 5.82 Å². The molecule has 0 aliphatic carbocycles. The summed E-state index contributed by atoms with van der Waals surface area (Å²) in [5.41, 5.74) is 1.54. The highest BCUT2D eigenvalue weighted by Crippen LogP contribution is 2.32. The molecule has 2 aromatic rings. The number of nitrogens with one attached hydrogen (secondary N) is 2. The summed E-state index contributed by atoms with van der Waals surface area (Å²) in [7, 11) is 0. The van der Waals surface area contributed by atoms with Crippen molar-refractivity contribution in [2.45, 2.75) is 32.6 Å². The van der Waals surface area contributed by atoms with Crippen molar-refractivity contribution in [3.05, 3.63) is 53.8 Å². The number of nitrogens with zero attached hydrogens (tertiary/aromatic N) is 1. The van der Waals surface area contributed by atoms with Crippen LogP contribution in [-0.4, -0.2) is 45.5 Å². The molecule has 31 heavy (non-hydrogen) atoms. The second-order valence-electron chi connectivity index (χ2n) is 7.24. The van der Waals surface area contributed by atoms with Crippen molar-refractivity contribution in [3.63, 3.8) is 0 Å². The van der Waals surface area contributed by atoms with Crippen molar-refractivity contribution in [3.8, 4) is 11.5 Å². The Morgan fingerprint density at radius 2 is 1.94 bits per heavy atom. The van der Waals surface area contributed by atoms with Gasteiger partial charge in [-0.05, 0) is 49.9 Å². The number of hydrogen-bond acceptors (Lipinski definition) is 4. The summed E-state index contributed by atoms with van der Waals surface area (Å²) in [6.07, 6.45) is 3.33. The summed E-state index contributed by atoms with van der Waals surface area (Å²) in [4.78, 5) is 4.67. The molecule has 0 atom stereocenters. The van der Waals surface area contributed by atoms with Crippen molar-refractivity contribution in [2.75, 3.05) is 44.8 Å². The van der Waals surface area contributed by atoms with Crippen LogP contribution >= 0.6 is 0 Å². The first kappa shape index (κ1) is 22.9. The molecule has 2 aromatic carbocycles. The fraction of sp³-hybridized carbons (Fsp3) is 0.458. The van der Waals surface area contributed by atoms with E-state index in [0.29, 0.717) is 44.2 Å². The number of benzene rings is 2. The van der Waals surface area contributed by atoms with E-state index in [-0.39, 0.29) is 5.82 Å². The minimum Gasteiger partial charge on any atom is -0.490 e. The maximum Gasteiger partial charge on any atom is 0.195 e. The fourth-order valence-corrected chi connectivity index (χ4v) is 3.19. The van der Waals surface area contributed by atoms with E-state index >= 15 is 0 Å². The van der Waals surface area contributed by atoms with Crippen molar-refractivity contribution in [1.82, 2.24) is 5.32 Å². The Morgan fingerprint density at radius 1 is 1.10 bits per heavy atom. The van der Waals surface area contributed by atoms with Crippen LogP contribution in [0.25, 0.3) is 0 Å². The lowest BCUT2D eigenvalue weighted by Gasteiger charge is -2.15. The summed E-state index contributed by atoms with van der Waals surface area (Å²) in [6, 6.07) is 12.6. The third-order valence-electron chi connectivity index (χ3n) is 4.83. The highest BCUT2D eigenvalue weighted by Gasteiger charge is 2.11. The van der Waals surface area contributed by atoms with Gasteiger partial charge >= 0.3 is 0 Å². The number of fused-ring (bicyclic) bond motifs is 1. The molecule has 0 fully saturated rings. The number of hydrogen-bond donors (Lipinski definition) is 2. The van der Waals surface area contributed by atoms with Gasteiger partial charge in [0.05, 0.1) is 13.2 Å². The molecule has 0 unspecified atom stereocenters. The summed E-state index contributed by atoms with van der Waals surface area (Å²) in [5, 5.41) is 6.64. The van der Waals surface area contributed by atoms with Crippen molar-refractivity contribution < 1.29 is 18.6 Å². The van der Waals surface area contributed by atoms with Gasteiger partial charge in [-0.2, -0.15) is 0 Å². The van der Waals surface area contributed by atoms with E-state index in [2.05, 4.69) is 15.6 Å². The van der Waals surface area contributed by atoms with Crippen molar-refractivity contribution >= 4 is 11.6 Å². The summed E-state index contributed by atoms with van der Waals surface area (Å²) in [5.74, 6) is 1.95. The maximum absolute atomic E-state index is 13.9. The largest absolute Gasteiger partial charge is 0.490 e. The highest BCUT2D eigenvalue weighted by molar-refractivity contribution is 5.94. The van der Waals surface area contributed by atoms with Crippen LogP contribution in [0.3, 0.4) is 0 Å². The lowest BCUT2D eigenvalue weighted by atomic mass is 10.1. The predicted octanol–water partition coefficient (Wildman–Crippen LogP) is 4.40. The first-order valence-corrected chi connectivity index (χ1v) is 11.0. The number of unbranched alkanes of at least 4 members (excludes halogenated alkanes) is 1. The fourth-order valence-electron chi connectivity index (χ4n) is 3.19. The van der Waals surface area contributed by atoms with Gasteiger partial charge in [0.2, 0.25) is 0 Å². The Kier molecular flexibility index (Phi) is 9.44. The van der Waals surface area contributed by atoms with Gasteiger partial charge in [0, 0.05) is 44.5 Å². The number of guanidine groups is 1. The van der Waals surface area contributed by atoms with Crippen molar-refractivity contribution in [2.24, 2.45) is 4.99 Å². The molecule has 2 N–H and O–H groups in total. The van der Waals surface area contributed by atoms with Gasteiger partial charge in [-0.1, -0.05) is 18.2 Å². The smallest absolute Gasteiger partial charge is 0.195 e. The molecule has 1 heterocycles. The molecule has 0 saturated heterocycles. The molecule has 0 aromatic heterocycles. The molecular weight excluding hydrogens is 397 g/mol. The molecule has 3 rings (SSSR count). The predicted molar refractivity (Wildman–Crippen MR) is 122 cm³/mol. The molecule has 7 heteroatoms. The number of aliphatic imine (C=N–C) groups is 1. The van der Waals surface area contributed by atoms with E-state index in [1.807, 2.05) is 31.2 Å². The Bertz CT molecular complexity index is 845. The average molecular weight is 430 g/mol. The zero-order chi connectivity index (χ0) is 21.7. The Labute approximate surface area is 183 Å². The Hall–Kier alpha value is -2.80. The minimum atomic E-state index is -0.186. The van der Waals surface area contributed by atoms with Crippen LogP contribution < -0.4 is 20.1 Å². The Morgan fingerprint density at radius 3 is 2.77 bits per heavy atom. The van der Waals surface area contributed by atoms with E-state index in [0.717, 1.165) is 49.7 Å². The topological polar surface area (TPSA) is 64.1 Å². The number of anilines is 1. The number of ether oxygens (including phenoxy) is 3. The maximum atomic E-state index is 13.9. The van der Waals surface area contributed by atoms with E-state index < -0.39 is 0 Å². The first-order chi connectivity index (χ1) is 15.3. The number of rotatable bonds is 10. The molecule has 0 bridgehead atoms. The molecule has 0 saturated carbocycles. The van der Waals surface area contributed by atoms with E-state index in [1.165, 1.54) is 6.07 Å². The highest BCUT2D eigenvalue weighted by atomic mass is 19.1. The van der Waals surface area contributed by atoms with E-state index in [1.54, 1.807) is 12.1 Å². The zero-order valence-corrected chi connectivity index (χ0v) is 18.2. The van der Waals surface area contributed by atoms with Crippen molar-refractivity contribution in [1.29, 1.82) is 0 Å². The number of halogens is 1. The lowest BCUT2D eigenvalue weighted by molar-refractivity contribution is 0.144.